The average molecular weight is 268 g/mol. The minimum absolute atomic E-state index is 0.324. The molecule has 4 heteroatoms. The topological polar surface area (TPSA) is 52.6 Å². The van der Waals surface area contributed by atoms with Crippen LogP contribution in [0.25, 0.3) is 0 Å². The molecule has 0 aromatic rings. The van der Waals surface area contributed by atoms with Gasteiger partial charge in [-0.3, -0.25) is 9.69 Å². The Kier molecular flexibility index (Phi) is 4.85. The van der Waals surface area contributed by atoms with Gasteiger partial charge in [-0.05, 0) is 51.1 Å². The fourth-order valence-electron chi connectivity index (χ4n) is 3.59. The SMILES string of the molecule is CCNC(CN1CCCCC1CC)(C(=O)O)C1CC1. The molecule has 0 amide bonds. The van der Waals surface area contributed by atoms with E-state index in [0.29, 0.717) is 18.5 Å². The van der Waals surface area contributed by atoms with Gasteiger partial charge in [-0.25, -0.2) is 0 Å². The zero-order valence-electron chi connectivity index (χ0n) is 12.3. The van der Waals surface area contributed by atoms with Crippen molar-refractivity contribution < 1.29 is 9.90 Å². The highest BCUT2D eigenvalue weighted by Crippen LogP contribution is 2.41. The number of piperidine rings is 1. The normalized spacial score (nSPS) is 28.0. The van der Waals surface area contributed by atoms with Crippen molar-refractivity contribution in [2.75, 3.05) is 19.6 Å². The zero-order valence-corrected chi connectivity index (χ0v) is 12.3. The Morgan fingerprint density at radius 2 is 2.05 bits per heavy atom. The van der Waals surface area contributed by atoms with Gasteiger partial charge in [0.05, 0.1) is 0 Å². The third kappa shape index (κ3) is 3.11. The van der Waals surface area contributed by atoms with E-state index < -0.39 is 11.5 Å². The summed E-state index contributed by atoms with van der Waals surface area (Å²) in [5.74, 6) is -0.332. The van der Waals surface area contributed by atoms with Crippen LogP contribution in [-0.2, 0) is 4.79 Å². The highest BCUT2D eigenvalue weighted by Gasteiger charge is 2.52. The summed E-state index contributed by atoms with van der Waals surface area (Å²) in [4.78, 5) is 14.3. The van der Waals surface area contributed by atoms with Crippen LogP contribution in [-0.4, -0.2) is 47.2 Å². The molecular weight excluding hydrogens is 240 g/mol. The fourth-order valence-corrected chi connectivity index (χ4v) is 3.59. The maximum absolute atomic E-state index is 11.9. The molecule has 0 radical (unpaired) electrons. The number of hydrogen-bond acceptors (Lipinski definition) is 3. The maximum Gasteiger partial charge on any atom is 0.325 e. The van der Waals surface area contributed by atoms with E-state index in [-0.39, 0.29) is 0 Å². The first kappa shape index (κ1) is 14.8. The number of rotatable bonds is 7. The summed E-state index contributed by atoms with van der Waals surface area (Å²) < 4.78 is 0. The minimum Gasteiger partial charge on any atom is -0.480 e. The molecule has 2 rings (SSSR count). The maximum atomic E-state index is 11.9. The van der Waals surface area contributed by atoms with Gasteiger partial charge in [0.1, 0.15) is 5.54 Å². The first-order valence-corrected chi connectivity index (χ1v) is 7.86. The van der Waals surface area contributed by atoms with E-state index >= 15 is 0 Å². The lowest BCUT2D eigenvalue weighted by molar-refractivity contribution is -0.147. The van der Waals surface area contributed by atoms with Crippen molar-refractivity contribution in [3.05, 3.63) is 0 Å². The van der Waals surface area contributed by atoms with Gasteiger partial charge in [0.15, 0.2) is 0 Å². The van der Waals surface area contributed by atoms with Gasteiger partial charge < -0.3 is 10.4 Å². The van der Waals surface area contributed by atoms with Crippen LogP contribution in [0.3, 0.4) is 0 Å². The van der Waals surface area contributed by atoms with Gasteiger partial charge in [0.2, 0.25) is 0 Å². The van der Waals surface area contributed by atoms with Gasteiger partial charge in [0, 0.05) is 12.6 Å². The second-order valence-corrected chi connectivity index (χ2v) is 6.11. The predicted molar refractivity (Wildman–Crippen MR) is 76.3 cm³/mol. The molecule has 1 aliphatic heterocycles. The second-order valence-electron chi connectivity index (χ2n) is 6.11. The smallest absolute Gasteiger partial charge is 0.325 e. The van der Waals surface area contributed by atoms with Gasteiger partial charge in [-0.2, -0.15) is 0 Å². The second kappa shape index (κ2) is 6.23. The van der Waals surface area contributed by atoms with Crippen molar-refractivity contribution in [3.8, 4) is 0 Å². The van der Waals surface area contributed by atoms with Crippen LogP contribution in [0.1, 0.15) is 52.4 Å². The number of carboxylic acid groups (broad SMARTS) is 1. The number of hydrogen-bond donors (Lipinski definition) is 2. The van der Waals surface area contributed by atoms with Gasteiger partial charge >= 0.3 is 5.97 Å². The molecule has 110 valence electrons. The third-order valence-electron chi connectivity index (χ3n) is 4.82. The van der Waals surface area contributed by atoms with Crippen LogP contribution in [0.5, 0.6) is 0 Å². The quantitative estimate of drug-likeness (QED) is 0.742. The number of likely N-dealkylation sites (tertiary alicyclic amines) is 1. The number of carbonyl (C=O) groups is 1. The number of carboxylic acids is 1. The van der Waals surface area contributed by atoms with Crippen LogP contribution in [0, 0.1) is 5.92 Å². The van der Waals surface area contributed by atoms with E-state index in [0.717, 1.165) is 32.4 Å². The van der Waals surface area contributed by atoms with E-state index in [9.17, 15) is 9.90 Å². The average Bonchev–Trinajstić information content (AvgIpc) is 3.23. The van der Waals surface area contributed by atoms with Crippen LogP contribution in [0.15, 0.2) is 0 Å². The predicted octanol–water partition coefficient (Wildman–Crippen LogP) is 2.09. The molecule has 2 fully saturated rings. The molecule has 0 aromatic carbocycles. The summed E-state index contributed by atoms with van der Waals surface area (Å²) in [5, 5.41) is 13.1. The number of nitrogens with one attached hydrogen (secondary N) is 1. The zero-order chi connectivity index (χ0) is 13.9. The van der Waals surface area contributed by atoms with Crippen LogP contribution in [0.2, 0.25) is 0 Å². The molecule has 4 nitrogen and oxygen atoms in total. The van der Waals surface area contributed by atoms with E-state index in [2.05, 4.69) is 17.1 Å². The molecule has 0 spiro atoms. The summed E-state index contributed by atoms with van der Waals surface area (Å²) in [6.45, 7) is 6.70. The Labute approximate surface area is 116 Å². The summed E-state index contributed by atoms with van der Waals surface area (Å²) >= 11 is 0. The fraction of sp³-hybridized carbons (Fsp3) is 0.933. The Morgan fingerprint density at radius 3 is 2.58 bits per heavy atom. The van der Waals surface area contributed by atoms with Crippen molar-refractivity contribution in [1.29, 1.82) is 0 Å². The monoisotopic (exact) mass is 268 g/mol. The molecule has 1 aliphatic carbocycles. The molecule has 2 atom stereocenters. The number of likely N-dealkylation sites (N-methyl/N-ethyl adjacent to an activating group) is 1. The lowest BCUT2D eigenvalue weighted by Crippen LogP contribution is -2.62. The summed E-state index contributed by atoms with van der Waals surface area (Å²) in [5.41, 5.74) is -0.709. The lowest BCUT2D eigenvalue weighted by atomic mass is 9.89. The Bertz CT molecular complexity index is 317. The molecule has 0 aromatic heterocycles. The van der Waals surface area contributed by atoms with Crippen molar-refractivity contribution in [2.24, 2.45) is 5.92 Å². The lowest BCUT2D eigenvalue weighted by Gasteiger charge is -2.42. The molecule has 0 bridgehead atoms. The van der Waals surface area contributed by atoms with Crippen LogP contribution in [0.4, 0.5) is 0 Å². The standard InChI is InChI=1S/C15H28N2O2/c1-3-13-7-5-6-10-17(13)11-15(14(18)19,16-4-2)12-8-9-12/h12-13,16H,3-11H2,1-2H3,(H,18,19). The summed E-state index contributed by atoms with van der Waals surface area (Å²) in [6.07, 6.45) is 6.98. The van der Waals surface area contributed by atoms with Crippen LogP contribution < -0.4 is 5.32 Å². The van der Waals surface area contributed by atoms with Crippen molar-refractivity contribution >= 4 is 5.97 Å². The highest BCUT2D eigenvalue weighted by molar-refractivity contribution is 5.80. The molecule has 1 saturated carbocycles. The number of aliphatic carboxylic acids is 1. The summed E-state index contributed by atoms with van der Waals surface area (Å²) in [6, 6.07) is 0.574. The Balaban J connectivity index is 2.11. The van der Waals surface area contributed by atoms with Crippen LogP contribution >= 0.6 is 0 Å². The molecule has 1 saturated heterocycles. The molecular formula is C15H28N2O2. The van der Waals surface area contributed by atoms with E-state index in [1.807, 2.05) is 6.92 Å². The Hall–Kier alpha value is -0.610. The summed E-state index contributed by atoms with van der Waals surface area (Å²) in [7, 11) is 0. The van der Waals surface area contributed by atoms with E-state index in [1.54, 1.807) is 0 Å². The first-order valence-electron chi connectivity index (χ1n) is 7.86. The Morgan fingerprint density at radius 1 is 1.32 bits per heavy atom. The van der Waals surface area contributed by atoms with Gasteiger partial charge in [-0.1, -0.05) is 20.3 Å². The largest absolute Gasteiger partial charge is 0.480 e. The highest BCUT2D eigenvalue weighted by atomic mass is 16.4. The van der Waals surface area contributed by atoms with Gasteiger partial charge in [0.25, 0.3) is 0 Å². The molecule has 19 heavy (non-hydrogen) atoms. The molecule has 2 aliphatic rings. The molecule has 2 N–H and O–H groups in total. The van der Waals surface area contributed by atoms with E-state index in [4.69, 9.17) is 0 Å². The van der Waals surface area contributed by atoms with Crippen molar-refractivity contribution in [1.82, 2.24) is 10.2 Å². The number of nitrogens with zero attached hydrogens (tertiary/aromatic N) is 1. The third-order valence-corrected chi connectivity index (χ3v) is 4.82. The van der Waals surface area contributed by atoms with Gasteiger partial charge in [-0.15, -0.1) is 0 Å². The van der Waals surface area contributed by atoms with Crippen molar-refractivity contribution in [3.63, 3.8) is 0 Å². The molecule has 2 unspecified atom stereocenters. The molecule has 1 heterocycles. The van der Waals surface area contributed by atoms with Crippen molar-refractivity contribution in [2.45, 2.75) is 64.0 Å². The van der Waals surface area contributed by atoms with E-state index in [1.165, 1.54) is 19.3 Å². The first-order chi connectivity index (χ1) is 9.14. The minimum atomic E-state index is -0.709.